The van der Waals surface area contributed by atoms with E-state index in [1.54, 1.807) is 18.2 Å². The molecule has 7 heteroatoms. The van der Waals surface area contributed by atoms with E-state index in [1.807, 2.05) is 25.1 Å². The molecule has 6 nitrogen and oxygen atoms in total. The molecule has 0 aliphatic carbocycles. The third-order valence-electron chi connectivity index (χ3n) is 3.36. The van der Waals surface area contributed by atoms with Gasteiger partial charge in [0.2, 0.25) is 11.8 Å². The molecule has 136 valence electrons. The minimum Gasteiger partial charge on any atom is -0.478 e. The number of anilines is 2. The second-order valence-corrected chi connectivity index (χ2v) is 6.60. The zero-order valence-electron chi connectivity index (χ0n) is 14.3. The van der Waals surface area contributed by atoms with Crippen LogP contribution in [0, 0.1) is 0 Å². The molecule has 0 heterocycles. The standard InChI is InChI=1S/C19H20N2O4S/c1-2-5-17(22)20-15-8-4-9-16(11-15)26-12-18(23)21-14-7-3-6-13(10-14)19(24)25/h3-4,6-11H,2,5,12H2,1H3,(H,20,22)(H,21,23)(H,24,25). The predicted molar refractivity (Wildman–Crippen MR) is 103 cm³/mol. The van der Waals surface area contributed by atoms with Crippen molar-refractivity contribution in [1.82, 2.24) is 0 Å². The monoisotopic (exact) mass is 372 g/mol. The lowest BCUT2D eigenvalue weighted by molar-refractivity contribution is -0.116. The van der Waals surface area contributed by atoms with Crippen molar-refractivity contribution in [2.45, 2.75) is 24.7 Å². The number of hydrogen-bond acceptors (Lipinski definition) is 4. The maximum absolute atomic E-state index is 12.1. The number of carbonyl (C=O) groups excluding carboxylic acids is 2. The van der Waals surface area contributed by atoms with Crippen molar-refractivity contribution in [3.63, 3.8) is 0 Å². The lowest BCUT2D eigenvalue weighted by Crippen LogP contribution is -2.14. The number of thioether (sulfide) groups is 1. The summed E-state index contributed by atoms with van der Waals surface area (Å²) in [6.45, 7) is 1.94. The lowest BCUT2D eigenvalue weighted by Gasteiger charge is -2.08. The first kappa shape index (κ1) is 19.5. The summed E-state index contributed by atoms with van der Waals surface area (Å²) in [4.78, 5) is 35.5. The number of hydrogen-bond donors (Lipinski definition) is 3. The lowest BCUT2D eigenvalue weighted by atomic mass is 10.2. The predicted octanol–water partition coefficient (Wildman–Crippen LogP) is 3.85. The Labute approximate surface area is 156 Å². The fourth-order valence-electron chi connectivity index (χ4n) is 2.19. The van der Waals surface area contributed by atoms with Gasteiger partial charge in [-0.25, -0.2) is 4.79 Å². The Morgan fingerprint density at radius 3 is 2.31 bits per heavy atom. The molecule has 2 aromatic carbocycles. The zero-order valence-corrected chi connectivity index (χ0v) is 15.1. The molecule has 0 aromatic heterocycles. The van der Waals surface area contributed by atoms with E-state index < -0.39 is 5.97 Å². The normalized spacial score (nSPS) is 10.2. The minimum absolute atomic E-state index is 0.0364. The summed E-state index contributed by atoms with van der Waals surface area (Å²) in [6, 6.07) is 13.4. The Balaban J connectivity index is 1.90. The van der Waals surface area contributed by atoms with E-state index in [4.69, 9.17) is 5.11 Å². The van der Waals surface area contributed by atoms with Crippen molar-refractivity contribution in [1.29, 1.82) is 0 Å². The van der Waals surface area contributed by atoms with Crippen LogP contribution in [-0.2, 0) is 9.59 Å². The van der Waals surface area contributed by atoms with E-state index in [0.717, 1.165) is 11.3 Å². The fraction of sp³-hybridized carbons (Fsp3) is 0.211. The first-order chi connectivity index (χ1) is 12.5. The Morgan fingerprint density at radius 1 is 0.962 bits per heavy atom. The van der Waals surface area contributed by atoms with Crippen LogP contribution in [-0.4, -0.2) is 28.6 Å². The Kier molecular flexibility index (Phi) is 7.23. The van der Waals surface area contributed by atoms with Gasteiger partial charge in [-0.3, -0.25) is 9.59 Å². The topological polar surface area (TPSA) is 95.5 Å². The average Bonchev–Trinajstić information content (AvgIpc) is 2.61. The highest BCUT2D eigenvalue weighted by molar-refractivity contribution is 8.00. The van der Waals surface area contributed by atoms with Crippen LogP contribution < -0.4 is 10.6 Å². The molecule has 0 fully saturated rings. The number of carboxylic acid groups (broad SMARTS) is 1. The van der Waals surface area contributed by atoms with Gasteiger partial charge in [0.15, 0.2) is 0 Å². The van der Waals surface area contributed by atoms with Gasteiger partial charge in [0.25, 0.3) is 0 Å². The molecule has 0 unspecified atom stereocenters. The SMILES string of the molecule is CCCC(=O)Nc1cccc(SCC(=O)Nc2cccc(C(=O)O)c2)c1. The molecule has 0 saturated heterocycles. The van der Waals surface area contributed by atoms with Crippen molar-refractivity contribution >= 4 is 40.9 Å². The van der Waals surface area contributed by atoms with Gasteiger partial charge < -0.3 is 15.7 Å². The molecular weight excluding hydrogens is 352 g/mol. The first-order valence-electron chi connectivity index (χ1n) is 8.14. The van der Waals surface area contributed by atoms with Crippen molar-refractivity contribution in [2.24, 2.45) is 0 Å². The highest BCUT2D eigenvalue weighted by atomic mass is 32.2. The van der Waals surface area contributed by atoms with Crippen LogP contribution in [0.3, 0.4) is 0 Å². The van der Waals surface area contributed by atoms with Gasteiger partial charge in [-0.2, -0.15) is 0 Å². The van der Waals surface area contributed by atoms with Crippen LogP contribution in [0.15, 0.2) is 53.4 Å². The van der Waals surface area contributed by atoms with Gasteiger partial charge in [-0.1, -0.05) is 19.1 Å². The third kappa shape index (κ3) is 6.25. The minimum atomic E-state index is -1.04. The van der Waals surface area contributed by atoms with Crippen molar-refractivity contribution in [2.75, 3.05) is 16.4 Å². The summed E-state index contributed by atoms with van der Waals surface area (Å²) >= 11 is 1.33. The zero-order chi connectivity index (χ0) is 18.9. The highest BCUT2D eigenvalue weighted by Crippen LogP contribution is 2.22. The summed E-state index contributed by atoms with van der Waals surface area (Å²) in [5, 5.41) is 14.5. The van der Waals surface area contributed by atoms with E-state index in [-0.39, 0.29) is 23.1 Å². The fourth-order valence-corrected chi connectivity index (χ4v) is 2.95. The van der Waals surface area contributed by atoms with Crippen molar-refractivity contribution in [3.8, 4) is 0 Å². The first-order valence-corrected chi connectivity index (χ1v) is 9.12. The second kappa shape index (κ2) is 9.62. The molecule has 0 atom stereocenters. The molecule has 0 saturated carbocycles. The van der Waals surface area contributed by atoms with Crippen LogP contribution in [0.5, 0.6) is 0 Å². The average molecular weight is 372 g/mol. The summed E-state index contributed by atoms with van der Waals surface area (Å²) in [5.74, 6) is -1.15. The van der Waals surface area contributed by atoms with Gasteiger partial charge >= 0.3 is 5.97 Å². The van der Waals surface area contributed by atoms with Crippen LogP contribution in [0.25, 0.3) is 0 Å². The second-order valence-electron chi connectivity index (χ2n) is 5.55. The molecule has 0 bridgehead atoms. The molecular formula is C19H20N2O4S. The molecule has 0 spiro atoms. The van der Waals surface area contributed by atoms with E-state index in [9.17, 15) is 14.4 Å². The Bertz CT molecular complexity index is 808. The molecule has 0 aliphatic heterocycles. The van der Waals surface area contributed by atoms with E-state index in [2.05, 4.69) is 10.6 Å². The van der Waals surface area contributed by atoms with Crippen LogP contribution in [0.2, 0.25) is 0 Å². The number of aromatic carboxylic acids is 1. The Hall–Kier alpha value is -2.80. The number of benzene rings is 2. The van der Waals surface area contributed by atoms with Gasteiger partial charge in [0, 0.05) is 22.7 Å². The summed E-state index contributed by atoms with van der Waals surface area (Å²) < 4.78 is 0. The summed E-state index contributed by atoms with van der Waals surface area (Å²) in [6.07, 6.45) is 1.25. The molecule has 0 radical (unpaired) electrons. The van der Waals surface area contributed by atoms with Gasteiger partial charge in [0.05, 0.1) is 11.3 Å². The number of carboxylic acids is 1. The van der Waals surface area contributed by atoms with E-state index in [0.29, 0.717) is 17.8 Å². The molecule has 2 rings (SSSR count). The number of rotatable bonds is 8. The number of nitrogens with one attached hydrogen (secondary N) is 2. The van der Waals surface area contributed by atoms with Crippen LogP contribution in [0.4, 0.5) is 11.4 Å². The van der Waals surface area contributed by atoms with Crippen molar-refractivity contribution < 1.29 is 19.5 Å². The molecule has 0 aliphatic rings. The highest BCUT2D eigenvalue weighted by Gasteiger charge is 2.08. The maximum Gasteiger partial charge on any atom is 0.335 e. The van der Waals surface area contributed by atoms with Gasteiger partial charge in [-0.15, -0.1) is 11.8 Å². The van der Waals surface area contributed by atoms with Crippen LogP contribution in [0.1, 0.15) is 30.1 Å². The van der Waals surface area contributed by atoms with E-state index >= 15 is 0 Å². The van der Waals surface area contributed by atoms with Gasteiger partial charge in [0.1, 0.15) is 0 Å². The Morgan fingerprint density at radius 2 is 1.62 bits per heavy atom. The summed E-state index contributed by atoms with van der Waals surface area (Å²) in [5.41, 5.74) is 1.25. The maximum atomic E-state index is 12.1. The van der Waals surface area contributed by atoms with Crippen molar-refractivity contribution in [3.05, 3.63) is 54.1 Å². The number of carbonyl (C=O) groups is 3. The van der Waals surface area contributed by atoms with Gasteiger partial charge in [-0.05, 0) is 42.8 Å². The molecule has 2 aromatic rings. The smallest absolute Gasteiger partial charge is 0.335 e. The third-order valence-corrected chi connectivity index (χ3v) is 4.35. The van der Waals surface area contributed by atoms with E-state index in [1.165, 1.54) is 23.9 Å². The quantitative estimate of drug-likeness (QED) is 0.612. The molecule has 2 amide bonds. The molecule has 26 heavy (non-hydrogen) atoms. The summed E-state index contributed by atoms with van der Waals surface area (Å²) in [7, 11) is 0. The number of amides is 2. The molecule has 3 N–H and O–H groups in total. The van der Waals surface area contributed by atoms with Crippen LogP contribution >= 0.6 is 11.8 Å². The largest absolute Gasteiger partial charge is 0.478 e.